The molecule has 0 spiro atoms. The Bertz CT molecular complexity index is 215. The van der Waals surface area contributed by atoms with Crippen LogP contribution in [-0.4, -0.2) is 36.7 Å². The van der Waals surface area contributed by atoms with Crippen molar-refractivity contribution in [2.45, 2.75) is 38.2 Å². The Morgan fingerprint density at radius 1 is 1.40 bits per heavy atom. The SMILES string of the molecule is C1CCC(CCNC2=NCCCS2)OC1. The Morgan fingerprint density at radius 2 is 2.40 bits per heavy atom. The van der Waals surface area contributed by atoms with Crippen molar-refractivity contribution in [3.8, 4) is 0 Å². The number of nitrogens with zero attached hydrogens (tertiary/aromatic N) is 1. The lowest BCUT2D eigenvalue weighted by molar-refractivity contribution is 0.0122. The Hall–Kier alpha value is -0.220. The van der Waals surface area contributed by atoms with Gasteiger partial charge in [0.2, 0.25) is 0 Å². The molecule has 1 saturated heterocycles. The highest BCUT2D eigenvalue weighted by Gasteiger charge is 2.13. The molecule has 0 saturated carbocycles. The van der Waals surface area contributed by atoms with Gasteiger partial charge in [0.25, 0.3) is 0 Å². The van der Waals surface area contributed by atoms with Crippen molar-refractivity contribution in [3.05, 3.63) is 0 Å². The third-order valence-electron chi connectivity index (χ3n) is 2.81. The summed E-state index contributed by atoms with van der Waals surface area (Å²) in [4.78, 5) is 4.44. The van der Waals surface area contributed by atoms with Crippen LogP contribution in [0.4, 0.5) is 0 Å². The average Bonchev–Trinajstić information content (AvgIpc) is 2.32. The number of thioether (sulfide) groups is 1. The monoisotopic (exact) mass is 228 g/mol. The van der Waals surface area contributed by atoms with Crippen LogP contribution in [0.3, 0.4) is 0 Å². The van der Waals surface area contributed by atoms with Crippen molar-refractivity contribution in [2.24, 2.45) is 4.99 Å². The minimum absolute atomic E-state index is 0.487. The van der Waals surface area contributed by atoms with E-state index in [0.29, 0.717) is 6.10 Å². The van der Waals surface area contributed by atoms with E-state index in [1.807, 2.05) is 11.8 Å². The average molecular weight is 228 g/mol. The zero-order valence-corrected chi connectivity index (χ0v) is 10.0. The van der Waals surface area contributed by atoms with E-state index < -0.39 is 0 Å². The summed E-state index contributed by atoms with van der Waals surface area (Å²) in [6, 6.07) is 0. The molecule has 15 heavy (non-hydrogen) atoms. The van der Waals surface area contributed by atoms with Gasteiger partial charge >= 0.3 is 0 Å². The predicted octanol–water partition coefficient (Wildman–Crippen LogP) is 2.03. The highest BCUT2D eigenvalue weighted by Crippen LogP contribution is 2.15. The Labute approximate surface area is 96.1 Å². The van der Waals surface area contributed by atoms with Crippen LogP contribution in [0.25, 0.3) is 0 Å². The van der Waals surface area contributed by atoms with Gasteiger partial charge in [0.05, 0.1) is 6.10 Å². The molecular weight excluding hydrogens is 208 g/mol. The van der Waals surface area contributed by atoms with Crippen molar-refractivity contribution < 1.29 is 4.74 Å². The summed E-state index contributed by atoms with van der Waals surface area (Å²) in [6.07, 6.45) is 6.65. The van der Waals surface area contributed by atoms with E-state index in [4.69, 9.17) is 4.74 Å². The molecule has 0 radical (unpaired) electrons. The fourth-order valence-corrected chi connectivity index (χ4v) is 2.80. The second kappa shape index (κ2) is 6.38. The number of hydrogen-bond donors (Lipinski definition) is 1. The molecule has 0 aromatic rings. The van der Waals surface area contributed by atoms with E-state index in [-0.39, 0.29) is 0 Å². The van der Waals surface area contributed by atoms with Crippen molar-refractivity contribution >= 4 is 16.9 Å². The van der Waals surface area contributed by atoms with Gasteiger partial charge in [0.1, 0.15) is 0 Å². The fourth-order valence-electron chi connectivity index (χ4n) is 1.94. The third kappa shape index (κ3) is 4.03. The molecule has 1 atom stereocenters. The zero-order valence-electron chi connectivity index (χ0n) is 9.21. The van der Waals surface area contributed by atoms with Gasteiger partial charge in [-0.2, -0.15) is 0 Å². The lowest BCUT2D eigenvalue weighted by Gasteiger charge is -2.23. The maximum atomic E-state index is 5.68. The number of amidine groups is 1. The summed E-state index contributed by atoms with van der Waals surface area (Å²) in [5.74, 6) is 1.21. The topological polar surface area (TPSA) is 33.6 Å². The lowest BCUT2D eigenvalue weighted by atomic mass is 10.1. The number of ether oxygens (including phenoxy) is 1. The molecule has 1 N–H and O–H groups in total. The summed E-state index contributed by atoms with van der Waals surface area (Å²) in [6.45, 7) is 2.96. The molecule has 2 aliphatic heterocycles. The van der Waals surface area contributed by atoms with E-state index in [2.05, 4.69) is 10.3 Å². The minimum Gasteiger partial charge on any atom is -0.378 e. The smallest absolute Gasteiger partial charge is 0.156 e. The number of hydrogen-bond acceptors (Lipinski definition) is 4. The highest BCUT2D eigenvalue weighted by atomic mass is 32.2. The van der Waals surface area contributed by atoms with E-state index in [1.54, 1.807) is 0 Å². The molecule has 86 valence electrons. The molecule has 4 heteroatoms. The third-order valence-corrected chi connectivity index (χ3v) is 3.85. The molecule has 1 fully saturated rings. The largest absolute Gasteiger partial charge is 0.378 e. The normalized spacial score (nSPS) is 27.2. The molecule has 2 heterocycles. The van der Waals surface area contributed by atoms with Gasteiger partial charge in [-0.25, -0.2) is 0 Å². The molecular formula is C11H20N2OS. The molecule has 0 aliphatic carbocycles. The predicted molar refractivity (Wildman–Crippen MR) is 65.6 cm³/mol. The molecule has 0 aromatic heterocycles. The van der Waals surface area contributed by atoms with Crippen LogP contribution in [-0.2, 0) is 4.74 Å². The van der Waals surface area contributed by atoms with Gasteiger partial charge in [-0.15, -0.1) is 0 Å². The molecule has 2 rings (SSSR count). The first-order valence-electron chi connectivity index (χ1n) is 5.98. The number of rotatable bonds is 3. The van der Waals surface area contributed by atoms with Crippen molar-refractivity contribution in [2.75, 3.05) is 25.4 Å². The maximum Gasteiger partial charge on any atom is 0.156 e. The van der Waals surface area contributed by atoms with Crippen molar-refractivity contribution in [1.82, 2.24) is 5.32 Å². The van der Waals surface area contributed by atoms with Crippen LogP contribution in [0.2, 0.25) is 0 Å². The van der Waals surface area contributed by atoms with Crippen LogP contribution in [0, 0.1) is 0 Å². The molecule has 0 bridgehead atoms. The molecule has 2 aliphatic rings. The lowest BCUT2D eigenvalue weighted by Crippen LogP contribution is -2.29. The molecule has 0 aromatic carbocycles. The van der Waals surface area contributed by atoms with Crippen LogP contribution >= 0.6 is 11.8 Å². The Balaban J connectivity index is 1.59. The number of aliphatic imine (C=N–C) groups is 1. The zero-order chi connectivity index (χ0) is 10.3. The van der Waals surface area contributed by atoms with Gasteiger partial charge in [-0.3, -0.25) is 4.99 Å². The quantitative estimate of drug-likeness (QED) is 0.802. The standard InChI is InChI=1S/C11H20N2OS/c1-2-8-14-10(4-1)5-7-13-11-12-6-3-9-15-11/h10H,1-9H2,(H,12,13). The van der Waals surface area contributed by atoms with E-state index in [1.165, 1.54) is 31.4 Å². The van der Waals surface area contributed by atoms with Crippen LogP contribution in [0.15, 0.2) is 4.99 Å². The van der Waals surface area contributed by atoms with E-state index in [9.17, 15) is 0 Å². The first-order valence-corrected chi connectivity index (χ1v) is 6.96. The van der Waals surface area contributed by atoms with Crippen molar-refractivity contribution in [1.29, 1.82) is 0 Å². The highest BCUT2D eigenvalue weighted by molar-refractivity contribution is 8.13. The first-order chi connectivity index (χ1) is 7.45. The Morgan fingerprint density at radius 3 is 3.13 bits per heavy atom. The second-order valence-corrected chi connectivity index (χ2v) is 5.18. The first kappa shape index (κ1) is 11.3. The summed E-state index contributed by atoms with van der Waals surface area (Å²) in [5, 5.41) is 4.54. The summed E-state index contributed by atoms with van der Waals surface area (Å²) in [7, 11) is 0. The second-order valence-electron chi connectivity index (χ2n) is 4.09. The molecule has 3 nitrogen and oxygen atoms in total. The molecule has 0 amide bonds. The Kier molecular flexibility index (Phi) is 4.79. The van der Waals surface area contributed by atoms with Gasteiger partial charge in [-0.1, -0.05) is 11.8 Å². The minimum atomic E-state index is 0.487. The van der Waals surface area contributed by atoms with Crippen LogP contribution in [0.5, 0.6) is 0 Å². The van der Waals surface area contributed by atoms with E-state index in [0.717, 1.165) is 31.3 Å². The van der Waals surface area contributed by atoms with Crippen LogP contribution in [0.1, 0.15) is 32.1 Å². The summed E-state index contributed by atoms with van der Waals surface area (Å²) in [5.41, 5.74) is 0. The van der Waals surface area contributed by atoms with Gasteiger partial charge in [0.15, 0.2) is 5.17 Å². The maximum absolute atomic E-state index is 5.68. The number of nitrogens with one attached hydrogen (secondary N) is 1. The van der Waals surface area contributed by atoms with Crippen LogP contribution < -0.4 is 5.32 Å². The summed E-state index contributed by atoms with van der Waals surface area (Å²) < 4.78 is 5.68. The molecule has 1 unspecified atom stereocenters. The van der Waals surface area contributed by atoms with Crippen molar-refractivity contribution in [3.63, 3.8) is 0 Å². The van der Waals surface area contributed by atoms with Gasteiger partial charge in [-0.05, 0) is 32.1 Å². The van der Waals surface area contributed by atoms with E-state index >= 15 is 0 Å². The summed E-state index contributed by atoms with van der Waals surface area (Å²) >= 11 is 1.85. The van der Waals surface area contributed by atoms with Gasteiger partial charge < -0.3 is 10.1 Å². The fraction of sp³-hybridized carbons (Fsp3) is 0.909. The van der Waals surface area contributed by atoms with Gasteiger partial charge in [0, 0.05) is 25.4 Å².